The molecule has 1 aliphatic heterocycles. The molecule has 0 radical (unpaired) electrons. The molecule has 3 heterocycles. The van der Waals surface area contributed by atoms with E-state index in [1.165, 1.54) is 12.1 Å². The number of fused-ring (bicyclic) bond motifs is 1. The molecule has 1 atom stereocenters. The van der Waals surface area contributed by atoms with Crippen LogP contribution in [0.2, 0.25) is 0 Å². The number of hydrogen-bond acceptors (Lipinski definition) is 5. The molecule has 0 spiro atoms. The molecular weight excluding hydrogens is 477 g/mol. The first-order valence-electron chi connectivity index (χ1n) is 12.4. The van der Waals surface area contributed by atoms with Gasteiger partial charge in [0, 0.05) is 30.4 Å². The Hall–Kier alpha value is -3.52. The van der Waals surface area contributed by atoms with Gasteiger partial charge in [-0.05, 0) is 68.0 Å². The molecule has 1 aliphatic carbocycles. The first-order valence-corrected chi connectivity index (χ1v) is 13.2. The van der Waals surface area contributed by atoms with Gasteiger partial charge in [0.05, 0.1) is 21.7 Å². The predicted octanol–water partition coefficient (Wildman–Crippen LogP) is 6.00. The summed E-state index contributed by atoms with van der Waals surface area (Å²) in [4.78, 5) is 34.3. The summed E-state index contributed by atoms with van der Waals surface area (Å²) in [6.45, 7) is 0.986. The summed E-state index contributed by atoms with van der Waals surface area (Å²) in [5, 5.41) is 4.79. The lowest BCUT2D eigenvalue weighted by Gasteiger charge is -2.35. The van der Waals surface area contributed by atoms with E-state index in [1.54, 1.807) is 47.9 Å². The van der Waals surface area contributed by atoms with E-state index in [2.05, 4.69) is 5.32 Å². The average Bonchev–Trinajstić information content (AvgIpc) is 3.47. The molecule has 0 unspecified atom stereocenters. The molecule has 184 valence electrons. The van der Waals surface area contributed by atoms with Crippen LogP contribution in [0.25, 0.3) is 21.4 Å². The number of carbonyl (C=O) groups excluding carboxylic acids is 2. The topological polar surface area (TPSA) is 75.4 Å². The minimum absolute atomic E-state index is 0.117. The van der Waals surface area contributed by atoms with E-state index in [-0.39, 0.29) is 23.7 Å². The maximum absolute atomic E-state index is 13.9. The molecule has 0 bridgehead atoms. The van der Waals surface area contributed by atoms with Crippen LogP contribution in [0.3, 0.4) is 0 Å². The van der Waals surface area contributed by atoms with Gasteiger partial charge >= 0.3 is 0 Å². The summed E-state index contributed by atoms with van der Waals surface area (Å²) in [7, 11) is 0. The molecule has 2 aromatic carbocycles. The Kier molecular flexibility index (Phi) is 6.05. The third kappa shape index (κ3) is 4.41. The summed E-state index contributed by atoms with van der Waals surface area (Å²) in [6.07, 6.45) is 6.48. The summed E-state index contributed by atoms with van der Waals surface area (Å²) < 4.78 is 19.0. The molecule has 2 aliphatic rings. The minimum Gasteiger partial charge on any atom is -0.464 e. The smallest absolute Gasteiger partial charge is 0.274 e. The van der Waals surface area contributed by atoms with E-state index in [9.17, 15) is 14.0 Å². The second-order valence-corrected chi connectivity index (χ2v) is 10.5. The Morgan fingerprint density at radius 1 is 1.08 bits per heavy atom. The first kappa shape index (κ1) is 22.9. The Balaban J connectivity index is 1.24. The lowest BCUT2D eigenvalue weighted by atomic mass is 10.0. The number of halogens is 1. The molecule has 8 heteroatoms. The second kappa shape index (κ2) is 9.50. The van der Waals surface area contributed by atoms with Crippen molar-refractivity contribution in [1.29, 1.82) is 0 Å². The van der Waals surface area contributed by atoms with Crippen molar-refractivity contribution < 1.29 is 18.4 Å². The lowest BCUT2D eigenvalue weighted by molar-refractivity contribution is 0.0598. The van der Waals surface area contributed by atoms with Crippen LogP contribution < -0.4 is 5.32 Å². The Bertz CT molecular complexity index is 1420. The number of furan rings is 1. The van der Waals surface area contributed by atoms with Crippen LogP contribution in [0.15, 0.2) is 59.2 Å². The molecular formula is C28H26FN3O3S. The average molecular weight is 504 g/mol. The fraction of sp³-hybridized carbons (Fsp3) is 0.321. The van der Waals surface area contributed by atoms with Crippen molar-refractivity contribution in [2.24, 2.45) is 0 Å². The van der Waals surface area contributed by atoms with Crippen molar-refractivity contribution in [3.63, 3.8) is 0 Å². The molecule has 6 nitrogen and oxygen atoms in total. The Morgan fingerprint density at radius 2 is 1.92 bits per heavy atom. The summed E-state index contributed by atoms with van der Waals surface area (Å²) in [5.74, 6) is -0.195. The Morgan fingerprint density at radius 3 is 2.72 bits per heavy atom. The van der Waals surface area contributed by atoms with Crippen LogP contribution in [0.1, 0.15) is 63.9 Å². The molecule has 4 aromatic rings. The van der Waals surface area contributed by atoms with Crippen molar-refractivity contribution in [2.45, 2.75) is 44.1 Å². The largest absolute Gasteiger partial charge is 0.464 e. The van der Waals surface area contributed by atoms with Crippen molar-refractivity contribution in [2.75, 3.05) is 13.1 Å². The normalized spacial score (nSPS) is 17.9. The fourth-order valence-corrected chi connectivity index (χ4v) is 6.13. The van der Waals surface area contributed by atoms with Gasteiger partial charge in [-0.2, -0.15) is 0 Å². The van der Waals surface area contributed by atoms with Gasteiger partial charge in [0.1, 0.15) is 17.1 Å². The number of piperidine rings is 1. The van der Waals surface area contributed by atoms with Gasteiger partial charge in [-0.25, -0.2) is 9.37 Å². The summed E-state index contributed by atoms with van der Waals surface area (Å²) in [6, 6.07) is 13.3. The van der Waals surface area contributed by atoms with E-state index in [1.807, 2.05) is 11.0 Å². The van der Waals surface area contributed by atoms with Crippen LogP contribution in [0.4, 0.5) is 4.39 Å². The number of thiazole rings is 1. The number of nitrogens with zero attached hydrogens (tertiary/aromatic N) is 2. The van der Waals surface area contributed by atoms with Crippen molar-refractivity contribution in [3.8, 4) is 10.4 Å². The van der Waals surface area contributed by atoms with E-state index in [4.69, 9.17) is 9.40 Å². The molecule has 1 saturated heterocycles. The minimum atomic E-state index is -0.309. The highest BCUT2D eigenvalue weighted by Gasteiger charge is 2.34. The number of hydrogen-bond donors (Lipinski definition) is 1. The number of benzene rings is 2. The molecule has 2 aromatic heterocycles. The molecule has 1 N–H and O–H groups in total. The SMILES string of the molecule is O=C(NC[C@@H]1CCCCN1C(=O)c1nc(C2CC2)sc1-c1ccc(F)cc1)c1cccc2occc12. The van der Waals surface area contributed by atoms with Gasteiger partial charge in [0.25, 0.3) is 11.8 Å². The highest BCUT2D eigenvalue weighted by molar-refractivity contribution is 7.15. The highest BCUT2D eigenvalue weighted by Crippen LogP contribution is 2.45. The van der Waals surface area contributed by atoms with E-state index in [0.717, 1.165) is 52.9 Å². The molecule has 2 amide bonds. The van der Waals surface area contributed by atoms with E-state index in [0.29, 0.717) is 35.8 Å². The van der Waals surface area contributed by atoms with Gasteiger partial charge in [-0.15, -0.1) is 11.3 Å². The van der Waals surface area contributed by atoms with Crippen molar-refractivity contribution in [3.05, 3.63) is 76.9 Å². The van der Waals surface area contributed by atoms with Gasteiger partial charge in [-0.3, -0.25) is 9.59 Å². The number of amides is 2. The van der Waals surface area contributed by atoms with Gasteiger partial charge < -0.3 is 14.6 Å². The zero-order valence-corrected chi connectivity index (χ0v) is 20.5. The van der Waals surface area contributed by atoms with E-state index < -0.39 is 0 Å². The van der Waals surface area contributed by atoms with Gasteiger partial charge in [-0.1, -0.05) is 18.2 Å². The number of nitrogens with one attached hydrogen (secondary N) is 1. The second-order valence-electron chi connectivity index (χ2n) is 9.51. The molecule has 6 rings (SSSR count). The number of rotatable bonds is 6. The Labute approximate surface area is 212 Å². The predicted molar refractivity (Wildman–Crippen MR) is 137 cm³/mol. The molecule has 36 heavy (non-hydrogen) atoms. The van der Waals surface area contributed by atoms with Crippen LogP contribution in [0, 0.1) is 5.82 Å². The molecule has 2 fully saturated rings. The monoisotopic (exact) mass is 503 g/mol. The quantitative estimate of drug-likeness (QED) is 0.350. The highest BCUT2D eigenvalue weighted by atomic mass is 32.1. The molecule has 1 saturated carbocycles. The van der Waals surface area contributed by atoms with Crippen LogP contribution in [0.5, 0.6) is 0 Å². The van der Waals surface area contributed by atoms with Crippen molar-refractivity contribution >= 4 is 34.1 Å². The number of aromatic nitrogens is 1. The third-order valence-corrected chi connectivity index (χ3v) is 8.27. The summed E-state index contributed by atoms with van der Waals surface area (Å²) >= 11 is 1.54. The zero-order valence-electron chi connectivity index (χ0n) is 19.7. The first-order chi connectivity index (χ1) is 17.6. The van der Waals surface area contributed by atoms with Gasteiger partial charge in [0.15, 0.2) is 0 Å². The number of carbonyl (C=O) groups is 2. The third-order valence-electron chi connectivity index (χ3n) is 7.01. The summed E-state index contributed by atoms with van der Waals surface area (Å²) in [5.41, 5.74) is 2.47. The van der Waals surface area contributed by atoms with Crippen LogP contribution >= 0.6 is 11.3 Å². The van der Waals surface area contributed by atoms with Crippen LogP contribution in [-0.4, -0.2) is 40.8 Å². The van der Waals surface area contributed by atoms with E-state index >= 15 is 0 Å². The van der Waals surface area contributed by atoms with Crippen molar-refractivity contribution in [1.82, 2.24) is 15.2 Å². The fourth-order valence-electron chi connectivity index (χ4n) is 4.90. The van der Waals surface area contributed by atoms with Crippen LogP contribution in [-0.2, 0) is 0 Å². The lowest BCUT2D eigenvalue weighted by Crippen LogP contribution is -2.49. The van der Waals surface area contributed by atoms with Gasteiger partial charge in [0.2, 0.25) is 0 Å². The number of likely N-dealkylation sites (tertiary alicyclic amines) is 1. The standard InChI is InChI=1S/C28H26FN3O3S/c29-19-11-9-17(10-12-19)25-24(31-27(36-25)18-7-8-18)28(34)32-14-2-1-4-20(32)16-30-26(33)22-5-3-6-23-21(22)13-15-35-23/h3,5-6,9-13,15,18,20H,1-2,4,7-8,14,16H2,(H,30,33)/t20-/m0/s1. The maximum atomic E-state index is 13.9. The zero-order chi connectivity index (χ0) is 24.6. The maximum Gasteiger partial charge on any atom is 0.274 e.